The van der Waals surface area contributed by atoms with Gasteiger partial charge in [0.05, 0.1) is 12.1 Å². The Balaban J connectivity index is 1.75. The fraction of sp³-hybridized carbons (Fsp3) is 0.417. The van der Waals surface area contributed by atoms with Gasteiger partial charge in [0.15, 0.2) is 0 Å². The van der Waals surface area contributed by atoms with Gasteiger partial charge in [-0.1, -0.05) is 30.3 Å². The van der Waals surface area contributed by atoms with Crippen LogP contribution < -0.4 is 5.32 Å². The van der Waals surface area contributed by atoms with Crippen molar-refractivity contribution < 1.29 is 4.79 Å². The molecule has 0 bridgehead atoms. The molecule has 1 saturated carbocycles. The largest absolute Gasteiger partial charge is 0.333 e. The molecular formula is C12H14N2O. The van der Waals surface area contributed by atoms with E-state index in [-0.39, 0.29) is 6.03 Å². The van der Waals surface area contributed by atoms with Gasteiger partial charge in [-0.3, -0.25) is 0 Å². The van der Waals surface area contributed by atoms with Gasteiger partial charge in [-0.15, -0.1) is 0 Å². The van der Waals surface area contributed by atoms with Crippen LogP contribution in [-0.2, 0) is 6.54 Å². The fourth-order valence-corrected chi connectivity index (χ4v) is 2.39. The lowest BCUT2D eigenvalue weighted by molar-refractivity contribution is 0.170. The molecule has 1 aliphatic carbocycles. The zero-order valence-electron chi connectivity index (χ0n) is 8.52. The van der Waals surface area contributed by atoms with Crippen molar-refractivity contribution in [1.29, 1.82) is 0 Å². The third kappa shape index (κ3) is 1.39. The number of carbonyl (C=O) groups excluding carboxylic acids is 1. The molecule has 0 spiro atoms. The van der Waals surface area contributed by atoms with Crippen LogP contribution in [0.25, 0.3) is 0 Å². The van der Waals surface area contributed by atoms with Gasteiger partial charge in [0.1, 0.15) is 0 Å². The first-order chi connectivity index (χ1) is 7.34. The van der Waals surface area contributed by atoms with E-state index < -0.39 is 0 Å². The number of urea groups is 1. The van der Waals surface area contributed by atoms with Gasteiger partial charge in [0, 0.05) is 6.54 Å². The number of amides is 2. The Kier molecular flexibility index (Phi) is 1.91. The molecule has 78 valence electrons. The molecule has 1 aliphatic heterocycles. The Morgan fingerprint density at radius 2 is 2.07 bits per heavy atom. The molecule has 1 aromatic rings. The molecule has 1 saturated heterocycles. The van der Waals surface area contributed by atoms with Gasteiger partial charge < -0.3 is 10.2 Å². The van der Waals surface area contributed by atoms with Crippen LogP contribution in [0.4, 0.5) is 4.79 Å². The van der Waals surface area contributed by atoms with Crippen LogP contribution in [0.2, 0.25) is 0 Å². The van der Waals surface area contributed by atoms with E-state index in [1.54, 1.807) is 0 Å². The molecule has 1 heterocycles. The lowest BCUT2D eigenvalue weighted by atomic mass is 9.87. The van der Waals surface area contributed by atoms with Crippen LogP contribution in [0, 0.1) is 0 Å². The fourth-order valence-electron chi connectivity index (χ4n) is 2.39. The Labute approximate surface area is 89.1 Å². The molecule has 2 aliphatic rings. The van der Waals surface area contributed by atoms with Crippen LogP contribution in [0.3, 0.4) is 0 Å². The SMILES string of the molecule is O=C1N[C@H]2CC[C@H]2N1Cc1ccccc1. The highest BCUT2D eigenvalue weighted by atomic mass is 16.2. The third-order valence-electron chi connectivity index (χ3n) is 3.40. The first-order valence-corrected chi connectivity index (χ1v) is 5.45. The molecule has 0 radical (unpaired) electrons. The van der Waals surface area contributed by atoms with Crippen molar-refractivity contribution in [3.63, 3.8) is 0 Å². The van der Waals surface area contributed by atoms with Crippen molar-refractivity contribution in [1.82, 2.24) is 10.2 Å². The number of hydrogen-bond acceptors (Lipinski definition) is 1. The second-order valence-corrected chi connectivity index (χ2v) is 4.31. The van der Waals surface area contributed by atoms with Crippen molar-refractivity contribution in [3.8, 4) is 0 Å². The van der Waals surface area contributed by atoms with Crippen LogP contribution >= 0.6 is 0 Å². The van der Waals surface area contributed by atoms with Crippen molar-refractivity contribution in [2.75, 3.05) is 0 Å². The van der Waals surface area contributed by atoms with Crippen molar-refractivity contribution in [2.45, 2.75) is 31.5 Å². The van der Waals surface area contributed by atoms with Gasteiger partial charge in [0.2, 0.25) is 0 Å². The van der Waals surface area contributed by atoms with Crippen LogP contribution in [-0.4, -0.2) is 23.0 Å². The van der Waals surface area contributed by atoms with Crippen LogP contribution in [0.5, 0.6) is 0 Å². The summed E-state index contributed by atoms with van der Waals surface area (Å²) in [6.45, 7) is 0.744. The predicted octanol–water partition coefficient (Wildman–Crippen LogP) is 1.74. The summed E-state index contributed by atoms with van der Waals surface area (Å²) in [4.78, 5) is 13.6. The summed E-state index contributed by atoms with van der Waals surface area (Å²) in [7, 11) is 0. The maximum absolute atomic E-state index is 11.7. The maximum Gasteiger partial charge on any atom is 0.318 e. The first-order valence-electron chi connectivity index (χ1n) is 5.45. The van der Waals surface area contributed by atoms with Crippen LogP contribution in [0.15, 0.2) is 30.3 Å². The smallest absolute Gasteiger partial charge is 0.318 e. The lowest BCUT2D eigenvalue weighted by Gasteiger charge is -2.34. The number of hydrogen-bond donors (Lipinski definition) is 1. The molecule has 2 fully saturated rings. The number of fused-ring (bicyclic) bond motifs is 1. The molecular weight excluding hydrogens is 188 g/mol. The minimum absolute atomic E-state index is 0.103. The molecule has 1 aromatic carbocycles. The second-order valence-electron chi connectivity index (χ2n) is 4.31. The van der Waals surface area contributed by atoms with Gasteiger partial charge in [-0.2, -0.15) is 0 Å². The zero-order valence-corrected chi connectivity index (χ0v) is 8.52. The number of carbonyl (C=O) groups is 1. The van der Waals surface area contributed by atoms with E-state index in [0.29, 0.717) is 12.1 Å². The molecule has 0 aromatic heterocycles. The summed E-state index contributed by atoms with van der Waals surface area (Å²) < 4.78 is 0. The molecule has 1 N–H and O–H groups in total. The van der Waals surface area contributed by atoms with Crippen molar-refractivity contribution >= 4 is 6.03 Å². The topological polar surface area (TPSA) is 32.3 Å². The van der Waals surface area contributed by atoms with Crippen LogP contribution in [0.1, 0.15) is 18.4 Å². The first kappa shape index (κ1) is 8.77. The molecule has 2 amide bonds. The van der Waals surface area contributed by atoms with Gasteiger partial charge in [-0.05, 0) is 18.4 Å². The van der Waals surface area contributed by atoms with Gasteiger partial charge >= 0.3 is 6.03 Å². The summed E-state index contributed by atoms with van der Waals surface area (Å²) in [5.41, 5.74) is 1.21. The quantitative estimate of drug-likeness (QED) is 0.778. The minimum Gasteiger partial charge on any atom is -0.333 e. The number of nitrogens with one attached hydrogen (secondary N) is 1. The molecule has 3 heteroatoms. The molecule has 2 atom stereocenters. The normalized spacial score (nSPS) is 28.3. The molecule has 3 nitrogen and oxygen atoms in total. The van der Waals surface area contributed by atoms with E-state index >= 15 is 0 Å². The molecule has 15 heavy (non-hydrogen) atoms. The summed E-state index contributed by atoms with van der Waals surface area (Å²) in [5, 5.41) is 3.01. The number of rotatable bonds is 2. The number of benzene rings is 1. The van der Waals surface area contributed by atoms with Crippen molar-refractivity contribution in [2.24, 2.45) is 0 Å². The minimum atomic E-state index is 0.103. The molecule has 3 rings (SSSR count). The Bertz CT molecular complexity index is 376. The summed E-state index contributed by atoms with van der Waals surface area (Å²) in [5.74, 6) is 0. The van der Waals surface area contributed by atoms with E-state index in [1.807, 2.05) is 23.1 Å². The van der Waals surface area contributed by atoms with Crippen molar-refractivity contribution in [3.05, 3.63) is 35.9 Å². The van der Waals surface area contributed by atoms with E-state index in [9.17, 15) is 4.79 Å². The lowest BCUT2D eigenvalue weighted by Crippen LogP contribution is -2.44. The Morgan fingerprint density at radius 1 is 1.27 bits per heavy atom. The van der Waals surface area contributed by atoms with E-state index in [4.69, 9.17) is 0 Å². The predicted molar refractivity (Wildman–Crippen MR) is 57.3 cm³/mol. The average Bonchev–Trinajstić information content (AvgIpc) is 2.43. The summed E-state index contributed by atoms with van der Waals surface area (Å²) in [6, 6.07) is 11.1. The second kappa shape index (κ2) is 3.26. The van der Waals surface area contributed by atoms with E-state index in [2.05, 4.69) is 17.4 Å². The summed E-state index contributed by atoms with van der Waals surface area (Å²) in [6.07, 6.45) is 2.29. The van der Waals surface area contributed by atoms with Gasteiger partial charge in [0.25, 0.3) is 0 Å². The average molecular weight is 202 g/mol. The number of nitrogens with zero attached hydrogens (tertiary/aromatic N) is 1. The third-order valence-corrected chi connectivity index (χ3v) is 3.40. The zero-order chi connectivity index (χ0) is 10.3. The highest BCUT2D eigenvalue weighted by molar-refractivity contribution is 5.78. The highest BCUT2D eigenvalue weighted by Gasteiger charge is 2.44. The molecule has 0 unspecified atom stereocenters. The van der Waals surface area contributed by atoms with Gasteiger partial charge in [-0.25, -0.2) is 4.79 Å². The maximum atomic E-state index is 11.7. The van der Waals surface area contributed by atoms with E-state index in [1.165, 1.54) is 5.56 Å². The standard InChI is InChI=1S/C12H14N2O/c15-12-13-10-6-7-11(10)14(12)8-9-4-2-1-3-5-9/h1-5,10-11H,6-8H2,(H,13,15)/t10-,11+/m0/s1. The Hall–Kier alpha value is -1.51. The Morgan fingerprint density at radius 3 is 2.67 bits per heavy atom. The summed E-state index contributed by atoms with van der Waals surface area (Å²) >= 11 is 0. The monoisotopic (exact) mass is 202 g/mol. The highest BCUT2D eigenvalue weighted by Crippen LogP contribution is 2.31. The van der Waals surface area contributed by atoms with E-state index in [0.717, 1.165) is 19.4 Å².